The number of hydrogen-bond donors (Lipinski definition) is 1. The molecule has 2 aromatic carbocycles. The SMILES string of the molecule is CCOC(=O)c1c(-c2cc(C)ccc2OC)csc1NC(=O)/C=C/c1ccccc1. The first-order chi connectivity index (χ1) is 14.5. The largest absolute Gasteiger partial charge is 0.496 e. The van der Waals surface area contributed by atoms with Gasteiger partial charge in [0.05, 0.1) is 13.7 Å². The molecule has 0 aliphatic carbocycles. The van der Waals surface area contributed by atoms with E-state index in [0.717, 1.165) is 16.7 Å². The van der Waals surface area contributed by atoms with E-state index in [-0.39, 0.29) is 12.5 Å². The van der Waals surface area contributed by atoms with E-state index in [1.54, 1.807) is 20.1 Å². The number of carbonyl (C=O) groups excluding carboxylic acids is 2. The first-order valence-corrected chi connectivity index (χ1v) is 10.4. The molecule has 1 N–H and O–H groups in total. The molecule has 154 valence electrons. The Labute approximate surface area is 180 Å². The number of benzene rings is 2. The Bertz CT molecular complexity index is 1070. The number of hydrogen-bond acceptors (Lipinski definition) is 5. The Kier molecular flexibility index (Phi) is 7.03. The molecule has 0 saturated carbocycles. The summed E-state index contributed by atoms with van der Waals surface area (Å²) in [6.07, 6.45) is 3.16. The molecule has 0 aliphatic heterocycles. The molecule has 6 heteroatoms. The monoisotopic (exact) mass is 421 g/mol. The molecular formula is C24H23NO4S. The smallest absolute Gasteiger partial charge is 0.341 e. The van der Waals surface area contributed by atoms with Gasteiger partial charge in [0.2, 0.25) is 5.91 Å². The van der Waals surface area contributed by atoms with Crippen LogP contribution in [0.1, 0.15) is 28.4 Å². The molecule has 0 radical (unpaired) electrons. The highest BCUT2D eigenvalue weighted by Gasteiger charge is 2.24. The lowest BCUT2D eigenvalue weighted by molar-refractivity contribution is -0.111. The molecule has 0 fully saturated rings. The van der Waals surface area contributed by atoms with E-state index >= 15 is 0 Å². The van der Waals surface area contributed by atoms with Crippen LogP contribution in [-0.2, 0) is 9.53 Å². The number of esters is 1. The van der Waals surface area contributed by atoms with Crippen molar-refractivity contribution in [3.8, 4) is 16.9 Å². The van der Waals surface area contributed by atoms with Gasteiger partial charge in [0, 0.05) is 22.6 Å². The molecule has 1 amide bonds. The van der Waals surface area contributed by atoms with Gasteiger partial charge in [-0.2, -0.15) is 0 Å². The van der Waals surface area contributed by atoms with Crippen LogP contribution in [0.4, 0.5) is 5.00 Å². The first-order valence-electron chi connectivity index (χ1n) is 9.51. The molecule has 1 heterocycles. The Morgan fingerprint density at radius 1 is 1.10 bits per heavy atom. The van der Waals surface area contributed by atoms with Crippen LogP contribution in [0.3, 0.4) is 0 Å². The number of ether oxygens (including phenoxy) is 2. The molecule has 0 aliphatic rings. The van der Waals surface area contributed by atoms with Gasteiger partial charge in [-0.15, -0.1) is 11.3 Å². The molecule has 30 heavy (non-hydrogen) atoms. The summed E-state index contributed by atoms with van der Waals surface area (Å²) >= 11 is 1.28. The Morgan fingerprint density at radius 2 is 1.87 bits per heavy atom. The maximum Gasteiger partial charge on any atom is 0.341 e. The van der Waals surface area contributed by atoms with Gasteiger partial charge in [0.15, 0.2) is 0 Å². The van der Waals surface area contributed by atoms with Gasteiger partial charge in [-0.25, -0.2) is 4.79 Å². The predicted octanol–water partition coefficient (Wildman–Crippen LogP) is 5.56. The lowest BCUT2D eigenvalue weighted by Crippen LogP contribution is -2.12. The number of rotatable bonds is 7. The van der Waals surface area contributed by atoms with Crippen LogP contribution in [0.2, 0.25) is 0 Å². The van der Waals surface area contributed by atoms with Crippen molar-refractivity contribution < 1.29 is 19.1 Å². The average Bonchev–Trinajstić information content (AvgIpc) is 3.16. The number of thiophene rings is 1. The minimum atomic E-state index is -0.486. The normalized spacial score (nSPS) is 10.8. The second-order valence-electron chi connectivity index (χ2n) is 6.51. The van der Waals surface area contributed by atoms with E-state index in [4.69, 9.17) is 9.47 Å². The molecule has 5 nitrogen and oxygen atoms in total. The number of carbonyl (C=O) groups is 2. The zero-order valence-electron chi connectivity index (χ0n) is 17.1. The number of anilines is 1. The Morgan fingerprint density at radius 3 is 2.57 bits per heavy atom. The van der Waals surface area contributed by atoms with Crippen molar-refractivity contribution >= 4 is 34.3 Å². The fourth-order valence-electron chi connectivity index (χ4n) is 2.98. The fourth-order valence-corrected chi connectivity index (χ4v) is 3.93. The number of aryl methyl sites for hydroxylation is 1. The highest BCUT2D eigenvalue weighted by Crippen LogP contribution is 2.40. The summed E-state index contributed by atoms with van der Waals surface area (Å²) in [5.41, 5.74) is 3.71. The maximum atomic E-state index is 12.7. The lowest BCUT2D eigenvalue weighted by Gasteiger charge is -2.11. The van der Waals surface area contributed by atoms with Crippen molar-refractivity contribution in [2.24, 2.45) is 0 Å². The van der Waals surface area contributed by atoms with Gasteiger partial charge >= 0.3 is 5.97 Å². The summed E-state index contributed by atoms with van der Waals surface area (Å²) < 4.78 is 10.7. The number of amides is 1. The van der Waals surface area contributed by atoms with Crippen molar-refractivity contribution in [1.82, 2.24) is 0 Å². The van der Waals surface area contributed by atoms with Gasteiger partial charge in [-0.3, -0.25) is 4.79 Å². The van der Waals surface area contributed by atoms with E-state index in [1.165, 1.54) is 17.4 Å². The predicted molar refractivity (Wildman–Crippen MR) is 121 cm³/mol. The third-order valence-corrected chi connectivity index (χ3v) is 5.27. The van der Waals surface area contributed by atoms with Gasteiger partial charge in [-0.05, 0) is 37.6 Å². The minimum absolute atomic E-state index is 0.236. The standard InChI is InChI=1S/C24H23NO4S/c1-4-29-24(27)22-19(18-14-16(2)10-12-20(18)28-3)15-30-23(22)25-21(26)13-11-17-8-6-5-7-9-17/h5-15H,4H2,1-3H3,(H,25,26)/b13-11+. The molecule has 0 unspecified atom stereocenters. The van der Waals surface area contributed by atoms with E-state index in [2.05, 4.69) is 5.32 Å². The third kappa shape index (κ3) is 4.96. The average molecular weight is 422 g/mol. The molecule has 0 atom stereocenters. The molecule has 0 spiro atoms. The zero-order chi connectivity index (χ0) is 21.5. The molecule has 1 aromatic heterocycles. The summed E-state index contributed by atoms with van der Waals surface area (Å²) in [6.45, 7) is 3.95. The molecule has 0 bridgehead atoms. The van der Waals surface area contributed by atoms with Crippen molar-refractivity contribution in [3.05, 3.63) is 76.7 Å². The molecular weight excluding hydrogens is 398 g/mol. The Hall–Kier alpha value is -3.38. The summed E-state index contributed by atoms with van der Waals surface area (Å²) in [7, 11) is 1.58. The Balaban J connectivity index is 1.96. The van der Waals surface area contributed by atoms with Crippen LogP contribution in [-0.4, -0.2) is 25.6 Å². The van der Waals surface area contributed by atoms with E-state index in [9.17, 15) is 9.59 Å². The fraction of sp³-hybridized carbons (Fsp3) is 0.167. The summed E-state index contributed by atoms with van der Waals surface area (Å²) in [4.78, 5) is 25.2. The second-order valence-corrected chi connectivity index (χ2v) is 7.39. The van der Waals surface area contributed by atoms with E-state index in [1.807, 2.05) is 60.8 Å². The van der Waals surface area contributed by atoms with Crippen LogP contribution in [0.15, 0.2) is 60.0 Å². The van der Waals surface area contributed by atoms with E-state index < -0.39 is 5.97 Å². The first kappa shape index (κ1) is 21.3. The summed E-state index contributed by atoms with van der Waals surface area (Å²) in [6, 6.07) is 15.3. The lowest BCUT2D eigenvalue weighted by atomic mass is 10.0. The highest BCUT2D eigenvalue weighted by atomic mass is 32.1. The molecule has 3 rings (SSSR count). The number of methoxy groups -OCH3 is 1. The zero-order valence-corrected chi connectivity index (χ0v) is 17.9. The number of nitrogens with one attached hydrogen (secondary N) is 1. The van der Waals surface area contributed by atoms with Crippen molar-refractivity contribution in [1.29, 1.82) is 0 Å². The van der Waals surface area contributed by atoms with Crippen LogP contribution in [0, 0.1) is 6.92 Å². The summed E-state index contributed by atoms with van der Waals surface area (Å²) in [5, 5.41) is 5.09. The van der Waals surface area contributed by atoms with Crippen LogP contribution in [0.25, 0.3) is 17.2 Å². The van der Waals surface area contributed by atoms with Gasteiger partial charge in [0.25, 0.3) is 0 Å². The molecule has 0 saturated heterocycles. The highest BCUT2D eigenvalue weighted by molar-refractivity contribution is 7.15. The van der Waals surface area contributed by atoms with Crippen molar-refractivity contribution in [3.63, 3.8) is 0 Å². The van der Waals surface area contributed by atoms with Gasteiger partial charge < -0.3 is 14.8 Å². The van der Waals surface area contributed by atoms with Crippen LogP contribution in [0.5, 0.6) is 5.75 Å². The van der Waals surface area contributed by atoms with E-state index in [0.29, 0.717) is 21.9 Å². The maximum absolute atomic E-state index is 12.7. The van der Waals surface area contributed by atoms with Crippen molar-refractivity contribution in [2.45, 2.75) is 13.8 Å². The van der Waals surface area contributed by atoms with Crippen molar-refractivity contribution in [2.75, 3.05) is 19.0 Å². The van der Waals surface area contributed by atoms with Gasteiger partial charge in [-0.1, -0.05) is 42.0 Å². The minimum Gasteiger partial charge on any atom is -0.496 e. The third-order valence-electron chi connectivity index (χ3n) is 4.38. The van der Waals surface area contributed by atoms with Crippen LogP contribution >= 0.6 is 11.3 Å². The quantitative estimate of drug-likeness (QED) is 0.401. The topological polar surface area (TPSA) is 64.6 Å². The second kappa shape index (κ2) is 9.89. The molecule has 3 aromatic rings. The van der Waals surface area contributed by atoms with Crippen LogP contribution < -0.4 is 10.1 Å². The van der Waals surface area contributed by atoms with Gasteiger partial charge in [0.1, 0.15) is 16.3 Å². The summed E-state index contributed by atoms with van der Waals surface area (Å²) in [5.74, 6) is -0.167.